The fourth-order valence-electron chi connectivity index (χ4n) is 7.52. The van der Waals surface area contributed by atoms with E-state index in [0.717, 1.165) is 28.8 Å². The van der Waals surface area contributed by atoms with Crippen LogP contribution in [0.25, 0.3) is 87.7 Å². The predicted octanol–water partition coefficient (Wildman–Crippen LogP) is 12.3. The molecule has 0 amide bonds. The molecule has 48 heavy (non-hydrogen) atoms. The Morgan fingerprint density at radius 3 is 1.75 bits per heavy atom. The average molecular weight is 613 g/mol. The van der Waals surface area contributed by atoms with Crippen molar-refractivity contribution in [2.24, 2.45) is 0 Å². The molecule has 7 aromatic carbocycles. The van der Waals surface area contributed by atoms with Gasteiger partial charge in [0.05, 0.1) is 5.69 Å². The fourth-order valence-corrected chi connectivity index (χ4v) is 7.52. The molecule has 2 aromatic heterocycles. The second-order valence-corrected chi connectivity index (χ2v) is 12.4. The predicted molar refractivity (Wildman–Crippen MR) is 203 cm³/mol. The zero-order chi connectivity index (χ0) is 32.0. The molecule has 226 valence electrons. The molecule has 2 heteroatoms. The van der Waals surface area contributed by atoms with Crippen molar-refractivity contribution < 1.29 is 0 Å². The molecule has 0 aliphatic rings. The number of benzene rings is 7. The Morgan fingerprint density at radius 2 is 1.04 bits per heavy atom. The van der Waals surface area contributed by atoms with Crippen molar-refractivity contribution in [3.63, 3.8) is 0 Å². The maximum atomic E-state index is 4.82. The smallest absolute Gasteiger partial charge is 0.0795 e. The van der Waals surface area contributed by atoms with Crippen LogP contribution in [0.3, 0.4) is 0 Å². The van der Waals surface area contributed by atoms with E-state index in [0.29, 0.717) is 0 Å². The van der Waals surface area contributed by atoms with E-state index in [1.54, 1.807) is 6.20 Å². The maximum absolute atomic E-state index is 4.82. The van der Waals surface area contributed by atoms with Gasteiger partial charge in [0.1, 0.15) is 0 Å². The third-order valence-electron chi connectivity index (χ3n) is 9.76. The zero-order valence-corrected chi connectivity index (χ0v) is 26.7. The Bertz CT molecular complexity index is 2600. The summed E-state index contributed by atoms with van der Waals surface area (Å²) in [5.41, 5.74) is 10.6. The number of nitrogens with zero attached hydrogens (tertiary/aromatic N) is 2. The Hall–Kier alpha value is -6.12. The van der Waals surface area contributed by atoms with Gasteiger partial charge in [-0.1, -0.05) is 128 Å². The van der Waals surface area contributed by atoms with Gasteiger partial charge in [0.2, 0.25) is 0 Å². The highest BCUT2D eigenvalue weighted by Gasteiger charge is 2.19. The van der Waals surface area contributed by atoms with Crippen molar-refractivity contribution in [2.45, 2.75) is 13.3 Å². The molecule has 0 spiro atoms. The molecule has 0 aliphatic heterocycles. The van der Waals surface area contributed by atoms with E-state index in [-0.39, 0.29) is 0 Å². The molecule has 0 atom stereocenters. The summed E-state index contributed by atoms with van der Waals surface area (Å²) in [6.07, 6.45) is 6.59. The van der Waals surface area contributed by atoms with Crippen LogP contribution in [0.15, 0.2) is 164 Å². The van der Waals surface area contributed by atoms with Gasteiger partial charge in [0.15, 0.2) is 0 Å². The van der Waals surface area contributed by atoms with Crippen LogP contribution in [0.4, 0.5) is 0 Å². The molecule has 0 saturated heterocycles. The highest BCUT2D eigenvalue weighted by atomic mass is 14.7. The lowest BCUT2D eigenvalue weighted by Gasteiger charge is -2.20. The number of fused-ring (bicyclic) bond motifs is 4. The monoisotopic (exact) mass is 612 g/mol. The molecule has 0 radical (unpaired) electrons. The number of hydrogen-bond acceptors (Lipinski definition) is 2. The van der Waals surface area contributed by atoms with Crippen LogP contribution < -0.4 is 0 Å². The summed E-state index contributed by atoms with van der Waals surface area (Å²) in [5.74, 6) is 0. The number of aromatic nitrogens is 2. The van der Waals surface area contributed by atoms with Crippen LogP contribution in [0, 0.1) is 0 Å². The number of pyridine rings is 2. The Morgan fingerprint density at radius 1 is 0.438 bits per heavy atom. The first kappa shape index (κ1) is 28.1. The Kier molecular flexibility index (Phi) is 6.80. The summed E-state index contributed by atoms with van der Waals surface area (Å²) < 4.78 is 0. The summed E-state index contributed by atoms with van der Waals surface area (Å²) in [7, 11) is 0. The molecule has 0 aliphatic carbocycles. The summed E-state index contributed by atoms with van der Waals surface area (Å²) >= 11 is 0. The van der Waals surface area contributed by atoms with Gasteiger partial charge in [-0.15, -0.1) is 0 Å². The number of rotatable bonds is 5. The van der Waals surface area contributed by atoms with E-state index in [9.17, 15) is 0 Å². The first-order valence-electron chi connectivity index (χ1n) is 16.6. The molecular weight excluding hydrogens is 581 g/mol. The number of aryl methyl sites for hydroxylation is 1. The van der Waals surface area contributed by atoms with Gasteiger partial charge in [-0.3, -0.25) is 9.97 Å². The molecular formula is C46H32N2. The van der Waals surface area contributed by atoms with E-state index in [1.165, 1.54) is 70.9 Å². The van der Waals surface area contributed by atoms with Crippen LogP contribution in [-0.2, 0) is 6.42 Å². The average Bonchev–Trinajstić information content (AvgIpc) is 3.16. The van der Waals surface area contributed by atoms with Gasteiger partial charge in [-0.2, -0.15) is 0 Å². The lowest BCUT2D eigenvalue weighted by Crippen LogP contribution is -1.93. The van der Waals surface area contributed by atoms with Gasteiger partial charge in [-0.05, 0) is 107 Å². The first-order chi connectivity index (χ1) is 23.8. The van der Waals surface area contributed by atoms with Crippen LogP contribution >= 0.6 is 0 Å². The van der Waals surface area contributed by atoms with Crippen molar-refractivity contribution in [3.8, 4) is 44.6 Å². The first-order valence-corrected chi connectivity index (χ1v) is 16.6. The molecule has 0 fully saturated rings. The van der Waals surface area contributed by atoms with Crippen LogP contribution in [0.1, 0.15) is 12.5 Å². The summed E-state index contributed by atoms with van der Waals surface area (Å²) in [6.45, 7) is 2.21. The van der Waals surface area contributed by atoms with Gasteiger partial charge < -0.3 is 0 Å². The van der Waals surface area contributed by atoms with E-state index < -0.39 is 0 Å². The van der Waals surface area contributed by atoms with Gasteiger partial charge in [-0.25, -0.2) is 0 Å². The third kappa shape index (κ3) is 4.57. The molecule has 0 unspecified atom stereocenters. The Balaban J connectivity index is 1.31. The van der Waals surface area contributed by atoms with Crippen molar-refractivity contribution in [1.29, 1.82) is 0 Å². The van der Waals surface area contributed by atoms with Gasteiger partial charge in [0, 0.05) is 29.7 Å². The maximum Gasteiger partial charge on any atom is 0.0795 e. The number of hydrogen-bond donors (Lipinski definition) is 0. The molecule has 2 heterocycles. The van der Waals surface area contributed by atoms with E-state index in [4.69, 9.17) is 4.98 Å². The lowest BCUT2D eigenvalue weighted by molar-refractivity contribution is 1.15. The fraction of sp³-hybridized carbons (Fsp3) is 0.0435. The minimum atomic E-state index is 0.935. The van der Waals surface area contributed by atoms with Crippen molar-refractivity contribution in [2.75, 3.05) is 0 Å². The van der Waals surface area contributed by atoms with Crippen molar-refractivity contribution in [3.05, 3.63) is 170 Å². The summed E-state index contributed by atoms with van der Waals surface area (Å²) in [4.78, 5) is 9.20. The second-order valence-electron chi connectivity index (χ2n) is 12.4. The highest BCUT2D eigenvalue weighted by molar-refractivity contribution is 6.24. The van der Waals surface area contributed by atoms with Crippen molar-refractivity contribution >= 4 is 43.1 Å². The minimum absolute atomic E-state index is 0.935. The standard InChI is InChI=1S/C46H32N2/c1-2-30-21-22-32-28-33(24-23-31(32)27-30)44-39-12-3-5-14-41(39)45(42-15-6-4-13-40(42)44)38-19-8-16-35-36(38)17-7-18-37(35)43-20-10-26-48-46(43)34-11-9-25-47-29-34/h3-29H,2H2,1H3. The highest BCUT2D eigenvalue weighted by Crippen LogP contribution is 2.46. The van der Waals surface area contributed by atoms with Gasteiger partial charge in [0.25, 0.3) is 0 Å². The molecule has 0 saturated carbocycles. The van der Waals surface area contributed by atoms with Crippen LogP contribution in [0.5, 0.6) is 0 Å². The SMILES string of the molecule is CCc1ccc2cc(-c3c4ccccc4c(-c4cccc5c(-c6cccnc6-c6cccnc6)cccc45)c4ccccc34)ccc2c1. The largest absolute Gasteiger partial charge is 0.264 e. The topological polar surface area (TPSA) is 25.8 Å². The van der Waals surface area contributed by atoms with E-state index >= 15 is 0 Å². The van der Waals surface area contributed by atoms with E-state index in [2.05, 4.69) is 145 Å². The Labute approximate surface area is 280 Å². The molecule has 9 rings (SSSR count). The normalized spacial score (nSPS) is 11.5. The molecule has 0 N–H and O–H groups in total. The molecule has 9 aromatic rings. The summed E-state index contributed by atoms with van der Waals surface area (Å²) in [5, 5.41) is 10.00. The minimum Gasteiger partial charge on any atom is -0.264 e. The third-order valence-corrected chi connectivity index (χ3v) is 9.76. The van der Waals surface area contributed by atoms with Crippen LogP contribution in [-0.4, -0.2) is 9.97 Å². The zero-order valence-electron chi connectivity index (χ0n) is 26.7. The van der Waals surface area contributed by atoms with E-state index in [1.807, 2.05) is 24.5 Å². The van der Waals surface area contributed by atoms with Gasteiger partial charge >= 0.3 is 0 Å². The lowest BCUT2D eigenvalue weighted by atomic mass is 9.83. The van der Waals surface area contributed by atoms with Crippen LogP contribution in [0.2, 0.25) is 0 Å². The summed E-state index contributed by atoms with van der Waals surface area (Å²) in [6, 6.07) is 53.2. The van der Waals surface area contributed by atoms with Crippen molar-refractivity contribution in [1.82, 2.24) is 9.97 Å². The quantitative estimate of drug-likeness (QED) is 0.181. The second kappa shape index (κ2) is 11.6. The molecule has 0 bridgehead atoms. The molecule has 2 nitrogen and oxygen atoms in total.